The predicted octanol–water partition coefficient (Wildman–Crippen LogP) is -0.270. The Morgan fingerprint density at radius 2 is 2.10 bits per heavy atom. The fraction of sp³-hybridized carbons (Fsp3) is 0.667. The number of hydrogen-bond donors (Lipinski definition) is 2. The molecule has 0 aliphatic carbocycles. The Morgan fingerprint density at radius 3 is 2.67 bits per heavy atom. The van der Waals surface area contributed by atoms with E-state index in [9.17, 15) is 18.3 Å². The molecule has 1 aromatic rings. The molecular weight excluding hydrogens is 298 g/mol. The van der Waals surface area contributed by atoms with Gasteiger partial charge < -0.3 is 10.2 Å². The quantitative estimate of drug-likeness (QED) is 0.773. The van der Waals surface area contributed by atoms with Gasteiger partial charge in [-0.2, -0.15) is 9.40 Å². The lowest BCUT2D eigenvalue weighted by atomic mass is 10.2. The summed E-state index contributed by atoms with van der Waals surface area (Å²) in [4.78, 5) is 10.8. The van der Waals surface area contributed by atoms with Crippen molar-refractivity contribution in [2.45, 2.75) is 44.2 Å². The molecule has 0 amide bonds. The highest BCUT2D eigenvalue weighted by atomic mass is 32.2. The van der Waals surface area contributed by atoms with Gasteiger partial charge in [-0.25, -0.2) is 8.42 Å². The van der Waals surface area contributed by atoms with Crippen molar-refractivity contribution in [3.8, 4) is 0 Å². The Labute approximate surface area is 123 Å². The van der Waals surface area contributed by atoms with Crippen LogP contribution in [0.15, 0.2) is 4.90 Å². The molecule has 0 unspecified atom stereocenters. The van der Waals surface area contributed by atoms with Crippen LogP contribution in [0.4, 0.5) is 0 Å². The summed E-state index contributed by atoms with van der Waals surface area (Å²) in [6, 6.07) is -0.420. The summed E-state index contributed by atoms with van der Waals surface area (Å²) in [5.41, 5.74) is 0.579. The minimum absolute atomic E-state index is 0.0455. The van der Waals surface area contributed by atoms with Gasteiger partial charge in [0.1, 0.15) is 11.4 Å². The zero-order valence-electron chi connectivity index (χ0n) is 12.0. The second-order valence-corrected chi connectivity index (χ2v) is 6.97. The number of rotatable bonds is 5. The third-order valence-corrected chi connectivity index (χ3v) is 5.91. The Balaban J connectivity index is 2.45. The summed E-state index contributed by atoms with van der Waals surface area (Å²) in [5, 5.41) is 22.1. The van der Waals surface area contributed by atoms with Crippen molar-refractivity contribution in [2.24, 2.45) is 0 Å². The third-order valence-electron chi connectivity index (χ3n) is 3.70. The maximum Gasteiger partial charge on any atom is 0.325 e. The molecule has 118 valence electrons. The number of carboxylic acid groups (broad SMARTS) is 1. The van der Waals surface area contributed by atoms with Crippen LogP contribution >= 0.6 is 0 Å². The highest BCUT2D eigenvalue weighted by molar-refractivity contribution is 7.89. The zero-order chi connectivity index (χ0) is 15.8. The average Bonchev–Trinajstić information content (AvgIpc) is 2.95. The van der Waals surface area contributed by atoms with Crippen LogP contribution in [0.3, 0.4) is 0 Å². The number of nitrogens with zero attached hydrogens (tertiary/aromatic N) is 3. The fourth-order valence-electron chi connectivity index (χ4n) is 2.76. The topological polar surface area (TPSA) is 113 Å². The van der Waals surface area contributed by atoms with Crippen molar-refractivity contribution in [1.82, 2.24) is 14.1 Å². The molecule has 0 radical (unpaired) electrons. The first kappa shape index (κ1) is 15.9. The summed E-state index contributed by atoms with van der Waals surface area (Å²) in [6.45, 7) is 2.84. The van der Waals surface area contributed by atoms with Crippen LogP contribution in [0.5, 0.6) is 0 Å². The van der Waals surface area contributed by atoms with Crippen LogP contribution < -0.4 is 0 Å². The normalized spacial score (nSPS) is 20.0. The largest absolute Gasteiger partial charge is 0.480 e. The highest BCUT2D eigenvalue weighted by Crippen LogP contribution is 2.29. The van der Waals surface area contributed by atoms with Gasteiger partial charge in [0.05, 0.1) is 18.0 Å². The van der Waals surface area contributed by atoms with Gasteiger partial charge in [-0.05, 0) is 26.7 Å². The summed E-state index contributed by atoms with van der Waals surface area (Å²) < 4.78 is 28.0. The predicted molar refractivity (Wildman–Crippen MR) is 73.3 cm³/mol. The van der Waals surface area contributed by atoms with E-state index in [-0.39, 0.29) is 23.7 Å². The summed E-state index contributed by atoms with van der Waals surface area (Å²) in [7, 11) is -3.78. The van der Waals surface area contributed by atoms with E-state index in [4.69, 9.17) is 5.11 Å². The standard InChI is InChI=1S/C12H19N3O5S/c1-8-12(9(2)14(13-8)6-11(17)18)21(19,20)15-5-3-4-10(15)7-16/h10,16H,3-7H2,1-2H3,(H,17,18)/t10-/m1/s1. The molecule has 0 bridgehead atoms. The number of aliphatic carboxylic acids is 1. The number of aromatic nitrogens is 2. The van der Waals surface area contributed by atoms with Crippen LogP contribution in [0, 0.1) is 13.8 Å². The maximum atomic E-state index is 12.8. The third kappa shape index (κ3) is 2.81. The first-order chi connectivity index (χ1) is 9.78. The van der Waals surface area contributed by atoms with Crippen molar-refractivity contribution in [2.75, 3.05) is 13.2 Å². The van der Waals surface area contributed by atoms with Crippen molar-refractivity contribution in [3.05, 3.63) is 11.4 Å². The smallest absolute Gasteiger partial charge is 0.325 e. The molecule has 1 aliphatic heterocycles. The van der Waals surface area contributed by atoms with E-state index in [1.54, 1.807) is 13.8 Å². The lowest BCUT2D eigenvalue weighted by molar-refractivity contribution is -0.137. The molecule has 0 spiro atoms. The van der Waals surface area contributed by atoms with E-state index in [1.165, 1.54) is 8.99 Å². The first-order valence-electron chi connectivity index (χ1n) is 6.67. The second-order valence-electron chi connectivity index (χ2n) is 5.15. The average molecular weight is 317 g/mol. The molecule has 9 heteroatoms. The maximum absolute atomic E-state index is 12.8. The van der Waals surface area contributed by atoms with Crippen molar-refractivity contribution < 1.29 is 23.4 Å². The SMILES string of the molecule is Cc1nn(CC(=O)O)c(C)c1S(=O)(=O)N1CCC[C@@H]1CO. The fourth-order valence-corrected chi connectivity index (χ4v) is 4.82. The summed E-state index contributed by atoms with van der Waals surface area (Å²) >= 11 is 0. The molecule has 8 nitrogen and oxygen atoms in total. The monoisotopic (exact) mass is 317 g/mol. The van der Waals surface area contributed by atoms with Gasteiger partial charge >= 0.3 is 5.97 Å². The molecule has 1 aromatic heterocycles. The van der Waals surface area contributed by atoms with E-state index < -0.39 is 22.0 Å². The molecule has 2 N–H and O–H groups in total. The highest BCUT2D eigenvalue weighted by Gasteiger charge is 2.38. The lowest BCUT2D eigenvalue weighted by Gasteiger charge is -2.22. The molecule has 2 heterocycles. The number of carbonyl (C=O) groups is 1. The number of aryl methyl sites for hydroxylation is 1. The van der Waals surface area contributed by atoms with E-state index in [1.807, 2.05) is 0 Å². The second kappa shape index (κ2) is 5.74. The molecule has 1 aliphatic rings. The van der Waals surface area contributed by atoms with Crippen molar-refractivity contribution >= 4 is 16.0 Å². The van der Waals surface area contributed by atoms with E-state index in [2.05, 4.69) is 5.10 Å². The van der Waals surface area contributed by atoms with Gasteiger partial charge in [0.25, 0.3) is 0 Å². The number of sulfonamides is 1. The van der Waals surface area contributed by atoms with Crippen LogP contribution in [0.25, 0.3) is 0 Å². The molecule has 1 atom stereocenters. The zero-order valence-corrected chi connectivity index (χ0v) is 12.8. The molecule has 1 saturated heterocycles. The van der Waals surface area contributed by atoms with Gasteiger partial charge in [0.2, 0.25) is 10.0 Å². The minimum atomic E-state index is -3.78. The first-order valence-corrected chi connectivity index (χ1v) is 8.11. The number of hydrogen-bond acceptors (Lipinski definition) is 5. The van der Waals surface area contributed by atoms with E-state index in [0.717, 1.165) is 0 Å². The van der Waals surface area contributed by atoms with E-state index >= 15 is 0 Å². The Kier molecular flexibility index (Phi) is 4.35. The van der Waals surface area contributed by atoms with Gasteiger partial charge in [0.15, 0.2) is 0 Å². The summed E-state index contributed by atoms with van der Waals surface area (Å²) in [5.74, 6) is -1.08. The lowest BCUT2D eigenvalue weighted by Crippen LogP contribution is -2.38. The Hall–Kier alpha value is -1.45. The van der Waals surface area contributed by atoms with Crippen LogP contribution in [-0.4, -0.2) is 57.9 Å². The number of aliphatic hydroxyl groups excluding tert-OH is 1. The molecular formula is C12H19N3O5S. The van der Waals surface area contributed by atoms with E-state index in [0.29, 0.717) is 25.1 Å². The van der Waals surface area contributed by atoms with Crippen LogP contribution in [0.1, 0.15) is 24.2 Å². The molecule has 1 fully saturated rings. The molecule has 2 rings (SSSR count). The Bertz CT molecular complexity index is 652. The Morgan fingerprint density at radius 1 is 1.43 bits per heavy atom. The number of carboxylic acids is 1. The van der Waals surface area contributed by atoms with Crippen molar-refractivity contribution in [3.63, 3.8) is 0 Å². The van der Waals surface area contributed by atoms with Crippen LogP contribution in [0.2, 0.25) is 0 Å². The minimum Gasteiger partial charge on any atom is -0.480 e. The van der Waals surface area contributed by atoms with Gasteiger partial charge in [-0.1, -0.05) is 0 Å². The van der Waals surface area contributed by atoms with Crippen molar-refractivity contribution in [1.29, 1.82) is 0 Å². The van der Waals surface area contributed by atoms with Crippen LogP contribution in [-0.2, 0) is 21.4 Å². The summed E-state index contributed by atoms with van der Waals surface area (Å²) in [6.07, 6.45) is 1.32. The van der Waals surface area contributed by atoms with Gasteiger partial charge in [-0.15, -0.1) is 0 Å². The molecule has 0 saturated carbocycles. The van der Waals surface area contributed by atoms with Gasteiger partial charge in [0, 0.05) is 12.6 Å². The molecule has 0 aromatic carbocycles. The van der Waals surface area contributed by atoms with Gasteiger partial charge in [-0.3, -0.25) is 9.48 Å². The number of aliphatic hydroxyl groups is 1. The molecule has 21 heavy (non-hydrogen) atoms.